The van der Waals surface area contributed by atoms with E-state index in [0.29, 0.717) is 6.42 Å². The van der Waals surface area contributed by atoms with Crippen LogP contribution in [-0.2, 0) is 4.79 Å². The number of aliphatic carboxylic acids is 1. The maximum absolute atomic E-state index is 10.5. The summed E-state index contributed by atoms with van der Waals surface area (Å²) in [4.78, 5) is 13.1. The average Bonchev–Trinajstić information content (AvgIpc) is 2.34. The molecule has 1 aliphatic heterocycles. The fourth-order valence-electron chi connectivity index (χ4n) is 2.80. The zero-order chi connectivity index (χ0) is 12.7. The molecule has 0 amide bonds. The molecule has 2 atom stereocenters. The lowest BCUT2D eigenvalue weighted by molar-refractivity contribution is -0.137. The summed E-state index contributed by atoms with van der Waals surface area (Å²) in [5.74, 6) is 0.108. The molecule has 0 bridgehead atoms. The van der Waals surface area contributed by atoms with E-state index in [9.17, 15) is 4.79 Å². The third kappa shape index (κ3) is 5.07. The van der Waals surface area contributed by atoms with Crippen molar-refractivity contribution in [1.82, 2.24) is 4.90 Å². The number of carboxylic acid groups (broad SMARTS) is 1. The van der Waals surface area contributed by atoms with Gasteiger partial charge in [0.1, 0.15) is 0 Å². The van der Waals surface area contributed by atoms with Crippen LogP contribution in [0.25, 0.3) is 0 Å². The fraction of sp³-hybridized carbons (Fsp3) is 0.929. The first kappa shape index (κ1) is 14.5. The van der Waals surface area contributed by atoms with Crippen LogP contribution in [0.3, 0.4) is 0 Å². The second-order valence-electron chi connectivity index (χ2n) is 5.34. The van der Waals surface area contributed by atoms with Gasteiger partial charge in [0.25, 0.3) is 0 Å². The molecule has 1 saturated heterocycles. The summed E-state index contributed by atoms with van der Waals surface area (Å²) in [6.07, 6.45) is 7.41. The number of unbranched alkanes of at least 4 members (excludes halogenated alkanes) is 1. The minimum Gasteiger partial charge on any atom is -0.481 e. The summed E-state index contributed by atoms with van der Waals surface area (Å²) >= 11 is 0. The van der Waals surface area contributed by atoms with E-state index in [0.717, 1.165) is 31.3 Å². The topological polar surface area (TPSA) is 40.5 Å². The monoisotopic (exact) mass is 241 g/mol. The molecule has 0 radical (unpaired) electrons. The summed E-state index contributed by atoms with van der Waals surface area (Å²) < 4.78 is 0. The van der Waals surface area contributed by atoms with Gasteiger partial charge in [0, 0.05) is 12.5 Å². The Labute approximate surface area is 105 Å². The van der Waals surface area contributed by atoms with Gasteiger partial charge in [-0.2, -0.15) is 0 Å². The van der Waals surface area contributed by atoms with Gasteiger partial charge in [-0.15, -0.1) is 0 Å². The van der Waals surface area contributed by atoms with Crippen molar-refractivity contribution in [3.8, 4) is 0 Å². The fourth-order valence-corrected chi connectivity index (χ4v) is 2.80. The molecule has 17 heavy (non-hydrogen) atoms. The number of carboxylic acids is 1. The summed E-state index contributed by atoms with van der Waals surface area (Å²) in [5.41, 5.74) is 0. The molecule has 2 unspecified atom stereocenters. The Morgan fingerprint density at radius 3 is 2.82 bits per heavy atom. The Balaban J connectivity index is 2.30. The van der Waals surface area contributed by atoms with Crippen molar-refractivity contribution in [2.45, 2.75) is 64.8 Å². The lowest BCUT2D eigenvalue weighted by Crippen LogP contribution is -2.43. The van der Waals surface area contributed by atoms with Gasteiger partial charge >= 0.3 is 5.97 Å². The first-order valence-corrected chi connectivity index (χ1v) is 7.11. The van der Waals surface area contributed by atoms with Crippen LogP contribution in [0.5, 0.6) is 0 Å². The van der Waals surface area contributed by atoms with Crippen molar-refractivity contribution in [2.75, 3.05) is 13.1 Å². The molecule has 0 aromatic heterocycles. The summed E-state index contributed by atoms with van der Waals surface area (Å²) in [6.45, 7) is 6.91. The molecule has 1 fully saturated rings. The highest BCUT2D eigenvalue weighted by Crippen LogP contribution is 2.25. The van der Waals surface area contributed by atoms with E-state index >= 15 is 0 Å². The van der Waals surface area contributed by atoms with Crippen molar-refractivity contribution in [3.63, 3.8) is 0 Å². The molecule has 3 heteroatoms. The SMILES string of the molecule is CCC(C)C1CCCCN1CCCCC(=O)O. The number of hydrogen-bond donors (Lipinski definition) is 1. The van der Waals surface area contributed by atoms with Crippen molar-refractivity contribution in [3.05, 3.63) is 0 Å². The summed E-state index contributed by atoms with van der Waals surface area (Å²) in [7, 11) is 0. The smallest absolute Gasteiger partial charge is 0.303 e. The van der Waals surface area contributed by atoms with Crippen LogP contribution in [0.15, 0.2) is 0 Å². The van der Waals surface area contributed by atoms with Crippen molar-refractivity contribution in [1.29, 1.82) is 0 Å². The van der Waals surface area contributed by atoms with Gasteiger partial charge in [0.2, 0.25) is 0 Å². The van der Waals surface area contributed by atoms with Gasteiger partial charge in [-0.25, -0.2) is 0 Å². The minimum absolute atomic E-state index is 0.321. The number of hydrogen-bond acceptors (Lipinski definition) is 2. The van der Waals surface area contributed by atoms with E-state index in [4.69, 9.17) is 5.11 Å². The Morgan fingerprint density at radius 2 is 2.18 bits per heavy atom. The highest BCUT2D eigenvalue weighted by Gasteiger charge is 2.25. The maximum atomic E-state index is 10.5. The number of likely N-dealkylation sites (tertiary alicyclic amines) is 1. The molecule has 0 aliphatic carbocycles. The van der Waals surface area contributed by atoms with Gasteiger partial charge in [0.15, 0.2) is 0 Å². The predicted octanol–water partition coefficient (Wildman–Crippen LogP) is 3.14. The lowest BCUT2D eigenvalue weighted by Gasteiger charge is -2.39. The number of rotatable bonds is 7. The molecular weight excluding hydrogens is 214 g/mol. The molecule has 0 aromatic carbocycles. The van der Waals surface area contributed by atoms with Crippen LogP contribution in [-0.4, -0.2) is 35.1 Å². The van der Waals surface area contributed by atoms with E-state index in [1.54, 1.807) is 0 Å². The standard InChI is InChI=1S/C14H27NO2/c1-3-12(2)13-8-4-6-10-15(13)11-7-5-9-14(16)17/h12-13H,3-11H2,1-2H3,(H,16,17). The molecule has 0 spiro atoms. The predicted molar refractivity (Wildman–Crippen MR) is 70.2 cm³/mol. The zero-order valence-corrected chi connectivity index (χ0v) is 11.3. The molecule has 1 N–H and O–H groups in total. The van der Waals surface area contributed by atoms with E-state index in [1.165, 1.54) is 32.2 Å². The highest BCUT2D eigenvalue weighted by atomic mass is 16.4. The zero-order valence-electron chi connectivity index (χ0n) is 11.3. The van der Waals surface area contributed by atoms with Crippen molar-refractivity contribution in [2.24, 2.45) is 5.92 Å². The van der Waals surface area contributed by atoms with Gasteiger partial charge in [0.05, 0.1) is 0 Å². The normalized spacial score (nSPS) is 23.5. The second kappa shape index (κ2) is 7.70. The quantitative estimate of drug-likeness (QED) is 0.696. The highest BCUT2D eigenvalue weighted by molar-refractivity contribution is 5.66. The molecule has 0 saturated carbocycles. The molecule has 1 aliphatic rings. The van der Waals surface area contributed by atoms with Crippen molar-refractivity contribution >= 4 is 5.97 Å². The maximum Gasteiger partial charge on any atom is 0.303 e. The largest absolute Gasteiger partial charge is 0.481 e. The molecule has 1 rings (SSSR count). The first-order chi connectivity index (χ1) is 8.15. The lowest BCUT2D eigenvalue weighted by atomic mass is 9.89. The first-order valence-electron chi connectivity index (χ1n) is 7.11. The van der Waals surface area contributed by atoms with Crippen LogP contribution < -0.4 is 0 Å². The second-order valence-corrected chi connectivity index (χ2v) is 5.34. The number of carbonyl (C=O) groups is 1. The van der Waals surface area contributed by atoms with Crippen LogP contribution in [0.2, 0.25) is 0 Å². The van der Waals surface area contributed by atoms with Crippen LogP contribution in [0.4, 0.5) is 0 Å². The van der Waals surface area contributed by atoms with Crippen molar-refractivity contribution < 1.29 is 9.90 Å². The minimum atomic E-state index is -0.665. The molecular formula is C14H27NO2. The number of piperidine rings is 1. The third-order valence-corrected chi connectivity index (χ3v) is 4.05. The molecule has 0 aromatic rings. The van der Waals surface area contributed by atoms with Gasteiger partial charge in [-0.3, -0.25) is 4.79 Å². The van der Waals surface area contributed by atoms with Crippen LogP contribution in [0, 0.1) is 5.92 Å². The number of nitrogens with zero attached hydrogens (tertiary/aromatic N) is 1. The Kier molecular flexibility index (Phi) is 6.56. The Bertz CT molecular complexity index is 230. The summed E-state index contributed by atoms with van der Waals surface area (Å²) in [6, 6.07) is 0.735. The van der Waals surface area contributed by atoms with E-state index in [2.05, 4.69) is 18.7 Å². The summed E-state index contributed by atoms with van der Waals surface area (Å²) in [5, 5.41) is 8.62. The van der Waals surface area contributed by atoms with E-state index in [-0.39, 0.29) is 0 Å². The van der Waals surface area contributed by atoms with Gasteiger partial charge in [-0.1, -0.05) is 26.7 Å². The van der Waals surface area contributed by atoms with Gasteiger partial charge in [-0.05, 0) is 44.7 Å². The van der Waals surface area contributed by atoms with E-state index < -0.39 is 5.97 Å². The molecule has 100 valence electrons. The molecule has 3 nitrogen and oxygen atoms in total. The Hall–Kier alpha value is -0.570. The average molecular weight is 241 g/mol. The van der Waals surface area contributed by atoms with Gasteiger partial charge < -0.3 is 10.0 Å². The van der Waals surface area contributed by atoms with E-state index in [1.807, 2.05) is 0 Å². The molecule has 1 heterocycles. The Morgan fingerprint density at radius 1 is 1.41 bits per heavy atom. The third-order valence-electron chi connectivity index (χ3n) is 4.05. The van der Waals surface area contributed by atoms with Crippen LogP contribution >= 0.6 is 0 Å². The van der Waals surface area contributed by atoms with Crippen LogP contribution in [0.1, 0.15) is 58.8 Å².